The first-order chi connectivity index (χ1) is 10.1. The highest BCUT2D eigenvalue weighted by Gasteiger charge is 2.24. The molecule has 7 nitrogen and oxygen atoms in total. The van der Waals surface area contributed by atoms with Gasteiger partial charge in [-0.05, 0) is 18.6 Å². The number of nitrogens with zero attached hydrogens (tertiary/aromatic N) is 2. The van der Waals surface area contributed by atoms with E-state index in [0.717, 1.165) is 35.6 Å². The van der Waals surface area contributed by atoms with Crippen LogP contribution in [0.2, 0.25) is 0 Å². The second-order valence-electron chi connectivity index (χ2n) is 4.75. The van der Waals surface area contributed by atoms with Gasteiger partial charge in [0.15, 0.2) is 0 Å². The summed E-state index contributed by atoms with van der Waals surface area (Å²) in [4.78, 5) is 0. The van der Waals surface area contributed by atoms with E-state index in [1.165, 1.54) is 4.68 Å². The molecule has 3 rings (SSSR count). The van der Waals surface area contributed by atoms with Gasteiger partial charge in [0.05, 0.1) is 19.9 Å². The highest BCUT2D eigenvalue weighted by Crippen LogP contribution is 2.36. The minimum atomic E-state index is -0.109. The van der Waals surface area contributed by atoms with Crippen LogP contribution in [0.3, 0.4) is 0 Å². The Morgan fingerprint density at radius 1 is 1.29 bits per heavy atom. The molecule has 21 heavy (non-hydrogen) atoms. The van der Waals surface area contributed by atoms with Gasteiger partial charge in [-0.1, -0.05) is 0 Å². The van der Waals surface area contributed by atoms with Crippen molar-refractivity contribution in [3.05, 3.63) is 23.8 Å². The van der Waals surface area contributed by atoms with Crippen molar-refractivity contribution < 1.29 is 9.47 Å². The van der Waals surface area contributed by atoms with Crippen LogP contribution in [0.1, 0.15) is 5.56 Å². The lowest BCUT2D eigenvalue weighted by Crippen LogP contribution is -2.23. The summed E-state index contributed by atoms with van der Waals surface area (Å²) in [5, 5.41) is 15.3. The second-order valence-corrected chi connectivity index (χ2v) is 4.75. The SMILES string of the molecule is COc1cc(OC)cc(-c2nn(C(=N)N)c3c2CCN3)c1. The predicted octanol–water partition coefficient (Wildman–Crippen LogP) is 1.28. The van der Waals surface area contributed by atoms with Crippen LogP contribution >= 0.6 is 0 Å². The summed E-state index contributed by atoms with van der Waals surface area (Å²) in [6, 6.07) is 5.60. The Morgan fingerprint density at radius 3 is 2.52 bits per heavy atom. The van der Waals surface area contributed by atoms with Crippen molar-refractivity contribution in [2.24, 2.45) is 5.73 Å². The molecule has 1 aliphatic rings. The molecule has 1 aromatic carbocycles. The van der Waals surface area contributed by atoms with E-state index in [-0.39, 0.29) is 5.96 Å². The Kier molecular flexibility index (Phi) is 3.17. The van der Waals surface area contributed by atoms with Crippen molar-refractivity contribution in [2.75, 3.05) is 26.1 Å². The first-order valence-electron chi connectivity index (χ1n) is 6.57. The standard InChI is InChI=1S/C14H17N5O2/c1-20-9-5-8(6-10(7-9)21-2)12-11-3-4-17-13(11)19(18-12)14(15)16/h5-7,17H,3-4H2,1-2H3,(H3,15,16). The molecular formula is C14H17N5O2. The lowest BCUT2D eigenvalue weighted by Gasteiger charge is -2.07. The maximum atomic E-state index is 7.63. The molecule has 0 radical (unpaired) electrons. The number of nitrogen functional groups attached to an aromatic ring is 1. The van der Waals surface area contributed by atoms with Crippen LogP contribution in [0.25, 0.3) is 11.3 Å². The average Bonchev–Trinajstić information content (AvgIpc) is 3.08. The molecule has 0 aliphatic carbocycles. The molecule has 110 valence electrons. The van der Waals surface area contributed by atoms with Crippen molar-refractivity contribution in [1.82, 2.24) is 9.78 Å². The summed E-state index contributed by atoms with van der Waals surface area (Å²) >= 11 is 0. The van der Waals surface area contributed by atoms with Gasteiger partial charge in [0.2, 0.25) is 5.96 Å². The number of methoxy groups -OCH3 is 2. The third-order valence-corrected chi connectivity index (χ3v) is 3.50. The molecule has 0 bridgehead atoms. The quantitative estimate of drug-likeness (QED) is 0.583. The highest BCUT2D eigenvalue weighted by molar-refractivity contribution is 5.85. The maximum absolute atomic E-state index is 7.63. The van der Waals surface area contributed by atoms with Crippen molar-refractivity contribution >= 4 is 11.8 Å². The number of nitrogens with two attached hydrogens (primary N) is 1. The number of aromatic nitrogens is 2. The van der Waals surface area contributed by atoms with Crippen LogP contribution in [-0.4, -0.2) is 36.5 Å². The number of benzene rings is 1. The zero-order chi connectivity index (χ0) is 15.0. The molecule has 1 aliphatic heterocycles. The van der Waals surface area contributed by atoms with Crippen molar-refractivity contribution in [1.29, 1.82) is 5.41 Å². The lowest BCUT2D eigenvalue weighted by atomic mass is 10.1. The minimum Gasteiger partial charge on any atom is -0.497 e. The van der Waals surface area contributed by atoms with Crippen LogP contribution in [-0.2, 0) is 6.42 Å². The molecule has 2 aromatic rings. The van der Waals surface area contributed by atoms with Crippen LogP contribution in [0.4, 0.5) is 5.82 Å². The van der Waals surface area contributed by atoms with Crippen molar-refractivity contribution in [3.8, 4) is 22.8 Å². The average molecular weight is 287 g/mol. The van der Waals surface area contributed by atoms with Crippen molar-refractivity contribution in [3.63, 3.8) is 0 Å². The summed E-state index contributed by atoms with van der Waals surface area (Å²) in [5.74, 6) is 2.07. The van der Waals surface area contributed by atoms with Crippen LogP contribution < -0.4 is 20.5 Å². The summed E-state index contributed by atoms with van der Waals surface area (Å²) in [5.41, 5.74) is 8.32. The lowest BCUT2D eigenvalue weighted by molar-refractivity contribution is 0.394. The number of nitrogens with one attached hydrogen (secondary N) is 2. The van der Waals surface area contributed by atoms with E-state index in [1.807, 2.05) is 18.2 Å². The summed E-state index contributed by atoms with van der Waals surface area (Å²) < 4.78 is 12.0. The zero-order valence-electron chi connectivity index (χ0n) is 11.9. The minimum absolute atomic E-state index is 0.109. The van der Waals surface area contributed by atoms with Crippen molar-refractivity contribution in [2.45, 2.75) is 6.42 Å². The molecule has 0 spiro atoms. The largest absolute Gasteiger partial charge is 0.497 e. The van der Waals surface area contributed by atoms with Crippen LogP contribution in [0, 0.1) is 5.41 Å². The molecule has 0 saturated heterocycles. The summed E-state index contributed by atoms with van der Waals surface area (Å²) in [6.07, 6.45) is 0.845. The van der Waals surface area contributed by atoms with E-state index in [2.05, 4.69) is 10.4 Å². The maximum Gasteiger partial charge on any atom is 0.215 e. The molecule has 7 heteroatoms. The van der Waals surface area contributed by atoms with E-state index >= 15 is 0 Å². The van der Waals surface area contributed by atoms with E-state index < -0.39 is 0 Å². The summed E-state index contributed by atoms with van der Waals surface area (Å²) in [6.45, 7) is 0.814. The number of rotatable bonds is 3. The first kappa shape index (κ1) is 13.3. The number of fused-ring (bicyclic) bond motifs is 1. The van der Waals surface area contributed by atoms with E-state index in [1.54, 1.807) is 14.2 Å². The van der Waals surface area contributed by atoms with Gasteiger partial charge < -0.3 is 20.5 Å². The molecule has 0 saturated carbocycles. The molecular weight excluding hydrogens is 270 g/mol. The van der Waals surface area contributed by atoms with Gasteiger partial charge in [-0.3, -0.25) is 5.41 Å². The first-order valence-corrected chi connectivity index (χ1v) is 6.57. The van der Waals surface area contributed by atoms with E-state index in [4.69, 9.17) is 20.6 Å². The fourth-order valence-electron chi connectivity index (χ4n) is 2.53. The van der Waals surface area contributed by atoms with Crippen LogP contribution in [0.5, 0.6) is 11.5 Å². The topological polar surface area (TPSA) is 98.2 Å². The number of ether oxygens (including phenoxy) is 2. The Morgan fingerprint density at radius 2 is 1.95 bits per heavy atom. The molecule has 0 unspecified atom stereocenters. The van der Waals surface area contributed by atoms with Gasteiger partial charge in [0, 0.05) is 23.7 Å². The summed E-state index contributed by atoms with van der Waals surface area (Å²) in [7, 11) is 3.22. The Bertz CT molecular complexity index is 685. The van der Waals surface area contributed by atoms with Gasteiger partial charge >= 0.3 is 0 Å². The van der Waals surface area contributed by atoms with E-state index in [9.17, 15) is 0 Å². The number of anilines is 1. The molecule has 4 N–H and O–H groups in total. The molecule has 0 atom stereocenters. The Hall–Kier alpha value is -2.70. The Balaban J connectivity index is 2.17. The number of hydrogen-bond donors (Lipinski definition) is 3. The third-order valence-electron chi connectivity index (χ3n) is 3.50. The van der Waals surface area contributed by atoms with Gasteiger partial charge in [-0.15, -0.1) is 0 Å². The predicted molar refractivity (Wildman–Crippen MR) is 80.3 cm³/mol. The zero-order valence-corrected chi connectivity index (χ0v) is 11.9. The molecule has 0 amide bonds. The Labute approximate surface area is 122 Å². The second kappa shape index (κ2) is 5.01. The smallest absolute Gasteiger partial charge is 0.215 e. The third kappa shape index (κ3) is 2.16. The van der Waals surface area contributed by atoms with Gasteiger partial charge in [0.1, 0.15) is 17.3 Å². The fourth-order valence-corrected chi connectivity index (χ4v) is 2.53. The molecule has 1 aromatic heterocycles. The van der Waals surface area contributed by atoms with Gasteiger partial charge in [0.25, 0.3) is 0 Å². The highest BCUT2D eigenvalue weighted by atomic mass is 16.5. The monoisotopic (exact) mass is 287 g/mol. The van der Waals surface area contributed by atoms with E-state index in [0.29, 0.717) is 11.5 Å². The molecule has 0 fully saturated rings. The number of hydrogen-bond acceptors (Lipinski definition) is 5. The van der Waals surface area contributed by atoms with Gasteiger partial charge in [-0.25, -0.2) is 0 Å². The normalized spacial score (nSPS) is 12.7. The molecule has 2 heterocycles. The van der Waals surface area contributed by atoms with Crippen LogP contribution in [0.15, 0.2) is 18.2 Å². The van der Waals surface area contributed by atoms with Gasteiger partial charge in [-0.2, -0.15) is 9.78 Å². The fraction of sp³-hybridized carbons (Fsp3) is 0.286.